The second-order valence-corrected chi connectivity index (χ2v) is 4.78. The van der Waals surface area contributed by atoms with E-state index in [1.807, 2.05) is 0 Å². The van der Waals surface area contributed by atoms with Crippen LogP contribution in [-0.4, -0.2) is 66.2 Å². The highest BCUT2D eigenvalue weighted by Gasteiger charge is 2.33. The number of piperazine rings is 1. The first-order valence-corrected chi connectivity index (χ1v) is 6.29. The molecule has 0 aliphatic carbocycles. The Bertz CT molecular complexity index is 428. The lowest BCUT2D eigenvalue weighted by Crippen LogP contribution is -2.52. The average Bonchev–Trinajstić information content (AvgIpc) is 2.38. The summed E-state index contributed by atoms with van der Waals surface area (Å²) >= 11 is 0. The van der Waals surface area contributed by atoms with E-state index in [1.165, 1.54) is 9.80 Å². The van der Waals surface area contributed by atoms with Crippen LogP contribution in [0.15, 0.2) is 5.10 Å². The molecule has 0 aromatic rings. The van der Waals surface area contributed by atoms with Gasteiger partial charge in [-0.1, -0.05) is 0 Å². The lowest BCUT2D eigenvalue weighted by atomic mass is 10.1. The van der Waals surface area contributed by atoms with Crippen molar-refractivity contribution in [1.82, 2.24) is 15.2 Å². The fourth-order valence-corrected chi connectivity index (χ4v) is 2.17. The molecule has 1 fully saturated rings. The molecule has 0 aromatic carbocycles. The predicted octanol–water partition coefficient (Wildman–Crippen LogP) is -0.0411. The normalized spacial score (nSPS) is 21.4. The summed E-state index contributed by atoms with van der Waals surface area (Å²) in [6, 6.07) is 0. The van der Waals surface area contributed by atoms with Crippen LogP contribution in [0, 0.1) is 0 Å². The van der Waals surface area contributed by atoms with Gasteiger partial charge < -0.3 is 4.90 Å². The van der Waals surface area contributed by atoms with Gasteiger partial charge in [0.1, 0.15) is 5.71 Å². The van der Waals surface area contributed by atoms with E-state index in [0.717, 1.165) is 0 Å². The van der Waals surface area contributed by atoms with E-state index >= 15 is 0 Å². The largest absolute Gasteiger partial charge is 0.401 e. The van der Waals surface area contributed by atoms with Crippen molar-refractivity contribution in [2.75, 3.05) is 32.7 Å². The van der Waals surface area contributed by atoms with Crippen LogP contribution in [0.25, 0.3) is 0 Å². The van der Waals surface area contributed by atoms with Gasteiger partial charge in [0.15, 0.2) is 0 Å². The quantitative estimate of drug-likeness (QED) is 0.776. The molecule has 112 valence electrons. The molecule has 0 bridgehead atoms. The highest BCUT2D eigenvalue weighted by atomic mass is 19.4. The summed E-state index contributed by atoms with van der Waals surface area (Å²) in [5.74, 6) is -0.548. The van der Waals surface area contributed by atoms with Gasteiger partial charge in [-0.25, -0.2) is 5.43 Å². The predicted molar refractivity (Wildman–Crippen MR) is 63.9 cm³/mol. The van der Waals surface area contributed by atoms with Gasteiger partial charge in [-0.2, -0.15) is 18.3 Å². The van der Waals surface area contributed by atoms with Crippen molar-refractivity contribution < 1.29 is 22.8 Å². The first kappa shape index (κ1) is 14.8. The van der Waals surface area contributed by atoms with Crippen molar-refractivity contribution in [1.29, 1.82) is 0 Å². The Morgan fingerprint density at radius 2 is 1.85 bits per heavy atom. The lowest BCUT2D eigenvalue weighted by Gasteiger charge is -2.35. The van der Waals surface area contributed by atoms with Gasteiger partial charge in [0, 0.05) is 39.0 Å². The lowest BCUT2D eigenvalue weighted by molar-refractivity contribution is -0.150. The summed E-state index contributed by atoms with van der Waals surface area (Å²) in [7, 11) is 0. The molecule has 6 nitrogen and oxygen atoms in total. The third-order valence-corrected chi connectivity index (χ3v) is 3.21. The number of carbonyl (C=O) groups excluding carboxylic acids is 2. The van der Waals surface area contributed by atoms with E-state index in [4.69, 9.17) is 0 Å². The third-order valence-electron chi connectivity index (χ3n) is 3.21. The average molecular weight is 292 g/mol. The summed E-state index contributed by atoms with van der Waals surface area (Å²) in [5, 5.41) is 3.70. The second kappa shape index (κ2) is 5.78. The Morgan fingerprint density at radius 3 is 2.35 bits per heavy atom. The molecule has 2 amide bonds. The molecule has 0 spiro atoms. The fourth-order valence-electron chi connectivity index (χ4n) is 2.17. The zero-order valence-corrected chi connectivity index (χ0v) is 10.7. The number of nitrogens with zero attached hydrogens (tertiary/aromatic N) is 3. The van der Waals surface area contributed by atoms with Gasteiger partial charge in [-0.05, 0) is 0 Å². The number of nitrogens with one attached hydrogen (secondary N) is 1. The van der Waals surface area contributed by atoms with Crippen molar-refractivity contribution in [3.8, 4) is 0 Å². The van der Waals surface area contributed by atoms with Crippen LogP contribution in [-0.2, 0) is 9.59 Å². The minimum absolute atomic E-state index is 0.185. The molecule has 1 saturated heterocycles. The Hall–Kier alpha value is -1.64. The number of hydrogen-bond acceptors (Lipinski definition) is 4. The Labute approximate surface area is 113 Å². The number of alkyl halides is 3. The molecule has 0 radical (unpaired) electrons. The van der Waals surface area contributed by atoms with Gasteiger partial charge in [0.05, 0.1) is 6.54 Å². The monoisotopic (exact) mass is 292 g/mol. The standard InChI is InChI=1S/C11H15F3N4O2/c12-11(13,14)7-17-3-5-18(6-4-17)10(20)8-1-2-9(19)16-15-8/h1-7H2,(H,16,19). The van der Waals surface area contributed by atoms with Crippen LogP contribution in [0.4, 0.5) is 13.2 Å². The summed E-state index contributed by atoms with van der Waals surface area (Å²) in [4.78, 5) is 25.7. The number of rotatable bonds is 2. The fraction of sp³-hybridized carbons (Fsp3) is 0.727. The van der Waals surface area contributed by atoms with Crippen LogP contribution in [0.2, 0.25) is 0 Å². The van der Waals surface area contributed by atoms with Gasteiger partial charge in [-0.3, -0.25) is 14.5 Å². The number of amides is 2. The van der Waals surface area contributed by atoms with E-state index < -0.39 is 12.7 Å². The van der Waals surface area contributed by atoms with E-state index in [9.17, 15) is 22.8 Å². The number of hydrazone groups is 1. The molecular weight excluding hydrogens is 277 g/mol. The smallest absolute Gasteiger partial charge is 0.335 e. The second-order valence-electron chi connectivity index (χ2n) is 4.78. The molecule has 20 heavy (non-hydrogen) atoms. The number of carbonyl (C=O) groups is 2. The topological polar surface area (TPSA) is 65.0 Å². The molecule has 2 aliphatic heterocycles. The van der Waals surface area contributed by atoms with Crippen LogP contribution in [0.5, 0.6) is 0 Å². The van der Waals surface area contributed by atoms with Crippen molar-refractivity contribution in [3.05, 3.63) is 0 Å². The molecule has 0 atom stereocenters. The SMILES string of the molecule is O=C1CCC(C(=O)N2CCN(CC(F)(F)F)CC2)=NN1. The molecule has 0 saturated carbocycles. The van der Waals surface area contributed by atoms with Crippen molar-refractivity contribution in [2.24, 2.45) is 5.10 Å². The van der Waals surface area contributed by atoms with E-state index in [2.05, 4.69) is 10.5 Å². The molecule has 1 N–H and O–H groups in total. The molecule has 0 unspecified atom stereocenters. The minimum atomic E-state index is -4.22. The molecular formula is C11H15F3N4O2. The highest BCUT2D eigenvalue weighted by Crippen LogP contribution is 2.17. The Morgan fingerprint density at radius 1 is 1.20 bits per heavy atom. The van der Waals surface area contributed by atoms with E-state index in [1.54, 1.807) is 0 Å². The van der Waals surface area contributed by atoms with Crippen molar-refractivity contribution in [2.45, 2.75) is 19.0 Å². The molecule has 9 heteroatoms. The zero-order valence-electron chi connectivity index (χ0n) is 10.7. The van der Waals surface area contributed by atoms with Gasteiger partial charge in [-0.15, -0.1) is 0 Å². The third kappa shape index (κ3) is 3.92. The summed E-state index contributed by atoms with van der Waals surface area (Å²) in [6.45, 7) is -0.106. The van der Waals surface area contributed by atoms with Crippen molar-refractivity contribution >= 4 is 17.5 Å². The van der Waals surface area contributed by atoms with Crippen molar-refractivity contribution in [3.63, 3.8) is 0 Å². The van der Waals surface area contributed by atoms with Crippen LogP contribution in [0.1, 0.15) is 12.8 Å². The molecule has 2 heterocycles. The van der Waals surface area contributed by atoms with Gasteiger partial charge in [0.25, 0.3) is 5.91 Å². The molecule has 0 aromatic heterocycles. The van der Waals surface area contributed by atoms with E-state index in [-0.39, 0.29) is 56.5 Å². The Kier molecular flexibility index (Phi) is 4.26. The van der Waals surface area contributed by atoms with E-state index in [0.29, 0.717) is 0 Å². The number of halogens is 3. The maximum absolute atomic E-state index is 12.2. The molecule has 2 aliphatic rings. The summed E-state index contributed by atoms with van der Waals surface area (Å²) in [6.07, 6.45) is -3.74. The zero-order chi connectivity index (χ0) is 14.8. The Balaban J connectivity index is 1.84. The van der Waals surface area contributed by atoms with Crippen LogP contribution < -0.4 is 5.43 Å². The highest BCUT2D eigenvalue weighted by molar-refractivity contribution is 6.39. The maximum atomic E-state index is 12.2. The maximum Gasteiger partial charge on any atom is 0.401 e. The van der Waals surface area contributed by atoms with Gasteiger partial charge in [0.2, 0.25) is 5.91 Å². The number of hydrogen-bond donors (Lipinski definition) is 1. The summed E-state index contributed by atoms with van der Waals surface area (Å²) in [5.41, 5.74) is 2.49. The van der Waals surface area contributed by atoms with Crippen LogP contribution >= 0.6 is 0 Å². The first-order chi connectivity index (χ1) is 9.35. The molecule has 2 rings (SSSR count). The summed E-state index contributed by atoms with van der Waals surface area (Å²) < 4.78 is 36.7. The van der Waals surface area contributed by atoms with Gasteiger partial charge >= 0.3 is 6.18 Å². The van der Waals surface area contributed by atoms with Crippen LogP contribution in [0.3, 0.4) is 0 Å². The first-order valence-electron chi connectivity index (χ1n) is 6.29. The minimum Gasteiger partial charge on any atom is -0.335 e.